The highest BCUT2D eigenvalue weighted by Gasteiger charge is 2.37. The molecule has 0 saturated carbocycles. The average Bonchev–Trinajstić information content (AvgIpc) is 3.05. The van der Waals surface area contributed by atoms with E-state index in [0.717, 1.165) is 28.1 Å². The minimum Gasteiger partial charge on any atom is -0.335 e. The first-order chi connectivity index (χ1) is 17.3. The molecular formula is C33H35N. The highest BCUT2D eigenvalue weighted by molar-refractivity contribution is 5.89. The van der Waals surface area contributed by atoms with Crippen molar-refractivity contribution in [1.82, 2.24) is 0 Å². The lowest BCUT2D eigenvalue weighted by molar-refractivity contribution is 0.558. The van der Waals surface area contributed by atoms with E-state index in [1.54, 1.807) is 6.07 Å². The topological polar surface area (TPSA) is 3.24 Å². The lowest BCUT2D eigenvalue weighted by Crippen LogP contribution is -2.39. The predicted octanol–water partition coefficient (Wildman–Crippen LogP) is 9.21. The van der Waals surface area contributed by atoms with E-state index in [1.807, 2.05) is 30.3 Å². The average molecular weight is 449 g/mol. The number of fused-ring (bicyclic) bond motifs is 3. The predicted molar refractivity (Wildman–Crippen MR) is 147 cm³/mol. The van der Waals surface area contributed by atoms with Gasteiger partial charge >= 0.3 is 0 Å². The van der Waals surface area contributed by atoms with Crippen molar-refractivity contribution < 1.29 is 4.11 Å². The second-order valence-electron chi connectivity index (χ2n) is 10.9. The summed E-state index contributed by atoms with van der Waals surface area (Å²) in [7, 11) is 0. The van der Waals surface area contributed by atoms with Gasteiger partial charge in [0.2, 0.25) is 0 Å². The number of anilines is 2. The zero-order chi connectivity index (χ0) is 26.8. The SMILES string of the molecule is [2H]C([2H])([2H])c1cccc(-c2ccccc2)c1N(c1cc2c(cc1C)-c1ccccc1C2(C)C)C(C)(C)C. The van der Waals surface area contributed by atoms with Gasteiger partial charge in [-0.15, -0.1) is 0 Å². The fraction of sp³-hybridized carbons (Fsp3) is 0.273. The molecule has 34 heavy (non-hydrogen) atoms. The summed E-state index contributed by atoms with van der Waals surface area (Å²) < 4.78 is 25.4. The minimum absolute atomic E-state index is 0.149. The maximum absolute atomic E-state index is 8.47. The number of nitrogens with zero attached hydrogens (tertiary/aromatic N) is 1. The Kier molecular flexibility index (Phi) is 4.41. The van der Waals surface area contributed by atoms with Crippen molar-refractivity contribution in [2.24, 2.45) is 0 Å². The van der Waals surface area contributed by atoms with E-state index in [1.165, 1.54) is 22.3 Å². The van der Waals surface area contributed by atoms with E-state index in [2.05, 4.69) is 95.0 Å². The Balaban J connectivity index is 1.83. The molecule has 1 aliphatic carbocycles. The number of para-hydroxylation sites is 1. The van der Waals surface area contributed by atoms with Crippen LogP contribution in [0.5, 0.6) is 0 Å². The second kappa shape index (κ2) is 7.87. The van der Waals surface area contributed by atoms with Crippen molar-refractivity contribution in [3.63, 3.8) is 0 Å². The van der Waals surface area contributed by atoms with Crippen LogP contribution in [0.4, 0.5) is 11.4 Å². The monoisotopic (exact) mass is 448 g/mol. The lowest BCUT2D eigenvalue weighted by atomic mass is 9.81. The Labute approximate surface area is 209 Å². The molecule has 0 spiro atoms. The van der Waals surface area contributed by atoms with Crippen LogP contribution in [-0.4, -0.2) is 5.54 Å². The standard InChI is InChI=1S/C33H35N/c1-22-14-13-18-25(24-15-9-8-10-16-24)31(22)34(32(3,4)5)30-21-29-27(20-23(30)2)26-17-11-12-19-28(26)33(29,6)7/h8-21H,1-7H3/i1D3. The molecule has 1 heteroatoms. The third-order valence-electron chi connectivity index (χ3n) is 7.16. The maximum Gasteiger partial charge on any atom is 0.0525 e. The van der Waals surface area contributed by atoms with E-state index in [0.29, 0.717) is 5.56 Å². The van der Waals surface area contributed by atoms with E-state index < -0.39 is 6.85 Å². The molecule has 1 aliphatic rings. The lowest BCUT2D eigenvalue weighted by Gasteiger charge is -2.41. The molecule has 4 aromatic carbocycles. The molecule has 0 fully saturated rings. The molecule has 172 valence electrons. The largest absolute Gasteiger partial charge is 0.335 e. The normalized spacial score (nSPS) is 15.6. The number of benzene rings is 4. The first-order valence-electron chi connectivity index (χ1n) is 13.6. The Morgan fingerprint density at radius 3 is 2.09 bits per heavy atom. The number of rotatable bonds is 3. The van der Waals surface area contributed by atoms with Crippen molar-refractivity contribution in [1.29, 1.82) is 0 Å². The van der Waals surface area contributed by atoms with E-state index in [4.69, 9.17) is 4.11 Å². The van der Waals surface area contributed by atoms with Gasteiger partial charge in [0, 0.05) is 26.3 Å². The van der Waals surface area contributed by atoms with Crippen molar-refractivity contribution in [2.45, 2.75) is 59.3 Å². The van der Waals surface area contributed by atoms with Crippen LogP contribution in [-0.2, 0) is 5.41 Å². The summed E-state index contributed by atoms with van der Waals surface area (Å²) in [6.45, 7) is 10.9. The van der Waals surface area contributed by atoms with Gasteiger partial charge in [0.05, 0.1) is 5.69 Å². The molecule has 0 atom stereocenters. The number of hydrogen-bond donors (Lipinski definition) is 0. The Hall–Kier alpha value is -3.32. The molecule has 5 rings (SSSR count). The summed E-state index contributed by atoms with van der Waals surface area (Å²) in [5, 5.41) is 0. The van der Waals surface area contributed by atoms with Gasteiger partial charge in [0.1, 0.15) is 0 Å². The molecule has 0 N–H and O–H groups in total. The fourth-order valence-electron chi connectivity index (χ4n) is 5.54. The van der Waals surface area contributed by atoms with Gasteiger partial charge in [-0.25, -0.2) is 0 Å². The van der Waals surface area contributed by atoms with Gasteiger partial charge in [0.15, 0.2) is 0 Å². The zero-order valence-corrected chi connectivity index (χ0v) is 21.0. The molecular weight excluding hydrogens is 410 g/mol. The van der Waals surface area contributed by atoms with Crippen LogP contribution in [0.1, 0.15) is 61.0 Å². The van der Waals surface area contributed by atoms with Crippen LogP contribution < -0.4 is 4.90 Å². The van der Waals surface area contributed by atoms with Crippen LogP contribution in [0.15, 0.2) is 84.9 Å². The second-order valence-corrected chi connectivity index (χ2v) is 10.9. The van der Waals surface area contributed by atoms with Crippen LogP contribution in [0.2, 0.25) is 0 Å². The van der Waals surface area contributed by atoms with Crippen molar-refractivity contribution >= 4 is 11.4 Å². The first-order valence-corrected chi connectivity index (χ1v) is 12.1. The third kappa shape index (κ3) is 3.46. The Morgan fingerprint density at radius 2 is 1.38 bits per heavy atom. The summed E-state index contributed by atoms with van der Waals surface area (Å²) in [5.74, 6) is 0. The van der Waals surface area contributed by atoms with Gasteiger partial charge < -0.3 is 4.90 Å². The van der Waals surface area contributed by atoms with Gasteiger partial charge in [-0.1, -0.05) is 86.6 Å². The minimum atomic E-state index is -2.26. The third-order valence-corrected chi connectivity index (χ3v) is 7.16. The van der Waals surface area contributed by atoms with Gasteiger partial charge in [-0.2, -0.15) is 0 Å². The quantitative estimate of drug-likeness (QED) is 0.302. The van der Waals surface area contributed by atoms with Crippen LogP contribution in [0.3, 0.4) is 0 Å². The van der Waals surface area contributed by atoms with Crippen molar-refractivity contribution in [3.8, 4) is 22.3 Å². The molecule has 0 heterocycles. The smallest absolute Gasteiger partial charge is 0.0525 e. The molecule has 0 aliphatic heterocycles. The molecule has 0 bridgehead atoms. The Bertz CT molecular complexity index is 1470. The van der Waals surface area contributed by atoms with Gasteiger partial charge in [-0.3, -0.25) is 0 Å². The Morgan fingerprint density at radius 1 is 0.706 bits per heavy atom. The molecule has 0 amide bonds. The summed E-state index contributed by atoms with van der Waals surface area (Å²) in [5.41, 5.74) is 9.83. The van der Waals surface area contributed by atoms with Crippen molar-refractivity contribution in [2.75, 3.05) is 4.90 Å². The van der Waals surface area contributed by atoms with Crippen LogP contribution >= 0.6 is 0 Å². The van der Waals surface area contributed by atoms with Crippen molar-refractivity contribution in [3.05, 3.63) is 107 Å². The fourth-order valence-corrected chi connectivity index (χ4v) is 5.54. The molecule has 0 saturated heterocycles. The maximum atomic E-state index is 8.47. The highest BCUT2D eigenvalue weighted by atomic mass is 15.2. The van der Waals surface area contributed by atoms with E-state index in [-0.39, 0.29) is 11.0 Å². The molecule has 0 unspecified atom stereocenters. The zero-order valence-electron chi connectivity index (χ0n) is 24.0. The van der Waals surface area contributed by atoms with Crippen LogP contribution in [0.25, 0.3) is 22.3 Å². The van der Waals surface area contributed by atoms with E-state index in [9.17, 15) is 0 Å². The summed E-state index contributed by atoms with van der Waals surface area (Å²) in [6, 6.07) is 29.0. The van der Waals surface area contributed by atoms with Gasteiger partial charge in [-0.05, 0) is 85.6 Å². The van der Waals surface area contributed by atoms with Crippen LogP contribution in [0, 0.1) is 13.8 Å². The molecule has 0 aromatic heterocycles. The summed E-state index contributed by atoms with van der Waals surface area (Å²) in [6.07, 6.45) is 0. The number of hydrogen-bond acceptors (Lipinski definition) is 1. The first kappa shape index (κ1) is 19.0. The highest BCUT2D eigenvalue weighted by Crippen LogP contribution is 2.52. The molecule has 0 radical (unpaired) electrons. The van der Waals surface area contributed by atoms with E-state index >= 15 is 0 Å². The van der Waals surface area contributed by atoms with Gasteiger partial charge in [0.25, 0.3) is 0 Å². The molecule has 1 nitrogen and oxygen atoms in total. The number of aryl methyl sites for hydroxylation is 2. The summed E-state index contributed by atoms with van der Waals surface area (Å²) >= 11 is 0. The molecule has 4 aromatic rings. The summed E-state index contributed by atoms with van der Waals surface area (Å²) in [4.78, 5) is 2.26.